The van der Waals surface area contributed by atoms with Crippen LogP contribution in [0, 0.1) is 5.92 Å². The van der Waals surface area contributed by atoms with Crippen LogP contribution in [0.3, 0.4) is 0 Å². The molecule has 2 aromatic rings. The fourth-order valence-electron chi connectivity index (χ4n) is 4.33. The summed E-state index contributed by atoms with van der Waals surface area (Å²) in [6, 6.07) is 14.2. The van der Waals surface area contributed by atoms with Gasteiger partial charge in [0.2, 0.25) is 0 Å². The topological polar surface area (TPSA) is 0 Å². The van der Waals surface area contributed by atoms with Gasteiger partial charge in [-0.2, -0.15) is 0 Å². The first-order valence-electron chi connectivity index (χ1n) is 10.4. The summed E-state index contributed by atoms with van der Waals surface area (Å²) in [6.45, 7) is 20.9. The molecule has 144 valence electrons. The monoisotopic (exact) mass is 360 g/mol. The van der Waals surface area contributed by atoms with Crippen LogP contribution in [-0.4, -0.2) is 0 Å². The van der Waals surface area contributed by atoms with Crippen LogP contribution in [0.4, 0.5) is 0 Å². The summed E-state index contributed by atoms with van der Waals surface area (Å²) in [5.41, 5.74) is 12.0. The molecule has 27 heavy (non-hydrogen) atoms. The zero-order chi connectivity index (χ0) is 20.1. The van der Waals surface area contributed by atoms with Crippen molar-refractivity contribution in [1.29, 1.82) is 0 Å². The van der Waals surface area contributed by atoms with E-state index in [1.54, 1.807) is 5.57 Å². The fraction of sp³-hybridized carbons (Fsp3) is 0.481. The van der Waals surface area contributed by atoms with Gasteiger partial charge in [0.1, 0.15) is 0 Å². The largest absolute Gasteiger partial charge is 0.0648 e. The number of rotatable bonds is 2. The fourth-order valence-corrected chi connectivity index (χ4v) is 4.33. The van der Waals surface area contributed by atoms with Crippen molar-refractivity contribution in [2.75, 3.05) is 0 Å². The van der Waals surface area contributed by atoms with E-state index < -0.39 is 0 Å². The average Bonchev–Trinajstić information content (AvgIpc) is 2.88. The summed E-state index contributed by atoms with van der Waals surface area (Å²) >= 11 is 0. The number of fused-ring (bicyclic) bond motifs is 1. The van der Waals surface area contributed by atoms with Crippen molar-refractivity contribution < 1.29 is 0 Å². The van der Waals surface area contributed by atoms with Crippen molar-refractivity contribution in [2.24, 2.45) is 5.92 Å². The quantitative estimate of drug-likeness (QED) is 0.510. The maximum atomic E-state index is 2.43. The third-order valence-corrected chi connectivity index (χ3v) is 5.89. The van der Waals surface area contributed by atoms with Gasteiger partial charge in [-0.15, -0.1) is 0 Å². The predicted octanol–water partition coefficient (Wildman–Crippen LogP) is 7.93. The van der Waals surface area contributed by atoms with E-state index in [1.165, 1.54) is 39.0 Å². The van der Waals surface area contributed by atoms with Gasteiger partial charge in [-0.3, -0.25) is 0 Å². The van der Waals surface area contributed by atoms with Crippen LogP contribution >= 0.6 is 0 Å². The number of benzene rings is 2. The minimum atomic E-state index is 0.139. The van der Waals surface area contributed by atoms with Crippen LogP contribution in [0.5, 0.6) is 0 Å². The van der Waals surface area contributed by atoms with Crippen LogP contribution in [-0.2, 0) is 17.3 Å². The Morgan fingerprint density at radius 3 is 1.85 bits per heavy atom. The first-order chi connectivity index (χ1) is 12.4. The smallest absolute Gasteiger partial charge is 0.00575 e. The molecule has 0 N–H and O–H groups in total. The Labute approximate surface area is 166 Å². The average molecular weight is 361 g/mol. The van der Waals surface area contributed by atoms with Gasteiger partial charge in [-0.25, -0.2) is 0 Å². The lowest BCUT2D eigenvalue weighted by atomic mass is 9.78. The highest BCUT2D eigenvalue weighted by atomic mass is 14.3. The molecule has 0 fully saturated rings. The molecule has 0 aliphatic heterocycles. The van der Waals surface area contributed by atoms with Crippen LogP contribution in [0.15, 0.2) is 42.0 Å². The van der Waals surface area contributed by atoms with Crippen LogP contribution in [0.25, 0.3) is 16.7 Å². The van der Waals surface area contributed by atoms with E-state index >= 15 is 0 Å². The minimum absolute atomic E-state index is 0.139. The highest BCUT2D eigenvalue weighted by molar-refractivity contribution is 5.88. The van der Waals surface area contributed by atoms with Gasteiger partial charge in [0.25, 0.3) is 0 Å². The summed E-state index contributed by atoms with van der Waals surface area (Å²) in [4.78, 5) is 0. The van der Waals surface area contributed by atoms with Crippen LogP contribution in [0.1, 0.15) is 84.6 Å². The summed E-state index contributed by atoms with van der Waals surface area (Å²) in [5, 5.41) is 0. The Balaban J connectivity index is 2.30. The molecule has 0 unspecified atom stereocenters. The van der Waals surface area contributed by atoms with E-state index in [4.69, 9.17) is 0 Å². The molecular weight excluding hydrogens is 324 g/mol. The van der Waals surface area contributed by atoms with Crippen molar-refractivity contribution in [3.8, 4) is 11.1 Å². The molecule has 0 amide bonds. The van der Waals surface area contributed by atoms with Crippen molar-refractivity contribution in [3.05, 3.63) is 64.2 Å². The molecule has 0 bridgehead atoms. The number of hydrogen-bond donors (Lipinski definition) is 0. The zero-order valence-corrected chi connectivity index (χ0v) is 18.7. The molecule has 0 saturated carbocycles. The highest BCUT2D eigenvalue weighted by Gasteiger charge is 2.26. The molecule has 3 rings (SSSR count). The molecule has 0 radical (unpaired) electrons. The molecule has 0 saturated heterocycles. The normalized spacial score (nSPS) is 14.9. The van der Waals surface area contributed by atoms with E-state index in [9.17, 15) is 0 Å². The lowest BCUT2D eigenvalue weighted by Gasteiger charge is -2.27. The van der Waals surface area contributed by atoms with E-state index in [1.807, 2.05) is 0 Å². The summed E-state index contributed by atoms with van der Waals surface area (Å²) in [5.74, 6) is 0.556. The molecule has 2 aromatic carbocycles. The molecule has 0 spiro atoms. The Kier molecular flexibility index (Phi) is 4.91. The first kappa shape index (κ1) is 19.9. The van der Waals surface area contributed by atoms with E-state index in [0.29, 0.717) is 5.92 Å². The molecule has 0 nitrogen and oxygen atoms in total. The van der Waals surface area contributed by atoms with Crippen LogP contribution < -0.4 is 0 Å². The molecule has 0 heterocycles. The molecule has 0 atom stereocenters. The second kappa shape index (κ2) is 6.66. The summed E-state index contributed by atoms with van der Waals surface area (Å²) < 4.78 is 0. The zero-order valence-electron chi connectivity index (χ0n) is 18.7. The van der Waals surface area contributed by atoms with Crippen molar-refractivity contribution in [3.63, 3.8) is 0 Å². The van der Waals surface area contributed by atoms with Gasteiger partial charge >= 0.3 is 0 Å². The standard InChI is InChI=1S/C27H36/c1-17(2)24-18(3)13-19-11-10-12-23(25(19)24)20-14-21(26(4,5)6)16-22(15-20)27(7,8)9/h10-12,14-17H,13H2,1-9H3. The van der Waals surface area contributed by atoms with E-state index in [-0.39, 0.29) is 10.8 Å². The van der Waals surface area contributed by atoms with E-state index in [2.05, 4.69) is 98.7 Å². The first-order valence-corrected chi connectivity index (χ1v) is 10.4. The van der Waals surface area contributed by atoms with Gasteiger partial charge in [-0.1, -0.05) is 97.4 Å². The Morgan fingerprint density at radius 1 is 0.815 bits per heavy atom. The second-order valence-corrected chi connectivity index (χ2v) is 10.7. The molecular formula is C27H36. The maximum absolute atomic E-state index is 2.43. The SMILES string of the molecule is CC1=C(C(C)C)c2c(cccc2-c2cc(C(C)(C)C)cc(C(C)(C)C)c2)C1. The molecule has 1 aliphatic rings. The van der Waals surface area contributed by atoms with Gasteiger partial charge in [-0.05, 0) is 69.0 Å². The Morgan fingerprint density at radius 2 is 1.37 bits per heavy atom. The lowest BCUT2D eigenvalue weighted by molar-refractivity contribution is 0.569. The van der Waals surface area contributed by atoms with Gasteiger partial charge in [0.15, 0.2) is 0 Å². The second-order valence-electron chi connectivity index (χ2n) is 10.7. The lowest BCUT2D eigenvalue weighted by Crippen LogP contribution is -2.16. The van der Waals surface area contributed by atoms with Gasteiger partial charge in [0.05, 0.1) is 0 Å². The van der Waals surface area contributed by atoms with Crippen molar-refractivity contribution in [2.45, 2.75) is 79.6 Å². The summed E-state index contributed by atoms with van der Waals surface area (Å²) in [7, 11) is 0. The third kappa shape index (κ3) is 3.77. The number of hydrogen-bond acceptors (Lipinski definition) is 0. The molecule has 0 aromatic heterocycles. The highest BCUT2D eigenvalue weighted by Crippen LogP contribution is 2.44. The molecule has 1 aliphatic carbocycles. The molecule has 0 heteroatoms. The third-order valence-electron chi connectivity index (χ3n) is 5.89. The predicted molar refractivity (Wildman–Crippen MR) is 120 cm³/mol. The minimum Gasteiger partial charge on any atom is -0.0648 e. The van der Waals surface area contributed by atoms with Gasteiger partial charge < -0.3 is 0 Å². The van der Waals surface area contributed by atoms with Crippen molar-refractivity contribution >= 4 is 5.57 Å². The maximum Gasteiger partial charge on any atom is -0.00575 e. The van der Waals surface area contributed by atoms with Crippen molar-refractivity contribution in [1.82, 2.24) is 0 Å². The number of allylic oxidation sites excluding steroid dienone is 2. The Hall–Kier alpha value is -1.82. The van der Waals surface area contributed by atoms with Crippen LogP contribution in [0.2, 0.25) is 0 Å². The Bertz CT molecular complexity index is 860. The summed E-state index contributed by atoms with van der Waals surface area (Å²) in [6.07, 6.45) is 1.10. The van der Waals surface area contributed by atoms with E-state index in [0.717, 1.165) is 6.42 Å². The van der Waals surface area contributed by atoms with Gasteiger partial charge in [0, 0.05) is 0 Å².